The average molecular weight is 78.1 g/mol. The fraction of sp³-hybridized carbons (Fsp3) is 0.500. The van der Waals surface area contributed by atoms with Crippen molar-refractivity contribution in [3.63, 3.8) is 0 Å². The minimum absolute atomic E-state index is 1.08. The van der Waals surface area contributed by atoms with Crippen LogP contribution in [0.5, 0.6) is 0 Å². The summed E-state index contributed by atoms with van der Waals surface area (Å²) in [5.41, 5.74) is 0. The smallest absolute Gasteiger partial charge is 0.00138 e. The Hall–Kier alpha value is 0. The maximum absolute atomic E-state index is 2.92. The number of hydrogen-bond acceptors (Lipinski definition) is 0. The van der Waals surface area contributed by atoms with E-state index in [-0.39, 0.29) is 0 Å². The van der Waals surface area contributed by atoms with Crippen molar-refractivity contribution in [2.24, 2.45) is 0 Å². The lowest BCUT2D eigenvalue weighted by atomic mass is 10.0. The van der Waals surface area contributed by atoms with Gasteiger partial charge in [-0.1, -0.05) is 6.42 Å². The summed E-state index contributed by atoms with van der Waals surface area (Å²) in [5.74, 6) is 0. The first-order chi connectivity index (χ1) is 3.00. The van der Waals surface area contributed by atoms with Crippen LogP contribution in [-0.2, 0) is 0 Å². The molecule has 0 heterocycles. The van der Waals surface area contributed by atoms with Gasteiger partial charge in [0.25, 0.3) is 0 Å². The van der Waals surface area contributed by atoms with E-state index in [0.29, 0.717) is 0 Å². The Morgan fingerprint density at radius 1 is 1.00 bits per heavy atom. The zero-order valence-electron chi connectivity index (χ0n) is 3.62. The second-order valence-electron chi connectivity index (χ2n) is 1.33. The molecule has 0 spiro atoms. The molecule has 0 aromatic carbocycles. The summed E-state index contributed by atoms with van der Waals surface area (Å²) in [5, 5.41) is 0. The standard InChI is InChI=1S/C6H6/c1-2-4-6-5-3-1/h1-3H2. The monoisotopic (exact) mass is 78.0 g/mol. The molecule has 6 radical (unpaired) electrons. The first-order valence-corrected chi connectivity index (χ1v) is 2.21. The fourth-order valence-corrected chi connectivity index (χ4v) is 0.453. The Balaban J connectivity index is 2.00. The summed E-state index contributed by atoms with van der Waals surface area (Å²) in [6.45, 7) is 0. The molecular formula is C6H6. The molecule has 1 saturated carbocycles. The summed E-state index contributed by atoms with van der Waals surface area (Å²) < 4.78 is 0. The quantitative estimate of drug-likeness (QED) is 0.411. The largest absolute Gasteiger partial charge is 0.0521 e. The van der Waals surface area contributed by atoms with Gasteiger partial charge in [0.1, 0.15) is 0 Å². The molecule has 0 unspecified atom stereocenters. The Kier molecular flexibility index (Phi) is 1.54. The van der Waals surface area contributed by atoms with Gasteiger partial charge < -0.3 is 0 Å². The Labute approximate surface area is 39.6 Å². The van der Waals surface area contributed by atoms with Gasteiger partial charge in [0, 0.05) is 0 Å². The predicted octanol–water partition coefficient (Wildman–Crippen LogP) is 1.41. The van der Waals surface area contributed by atoms with E-state index >= 15 is 0 Å². The Morgan fingerprint density at radius 2 is 1.67 bits per heavy atom. The van der Waals surface area contributed by atoms with Crippen LogP contribution in [-0.4, -0.2) is 0 Å². The second kappa shape index (κ2) is 2.22. The normalized spacial score (nSPS) is 24.0. The second-order valence-corrected chi connectivity index (χ2v) is 1.33. The van der Waals surface area contributed by atoms with Gasteiger partial charge in [0.05, 0.1) is 0 Å². The van der Waals surface area contributed by atoms with Gasteiger partial charge in [-0.2, -0.15) is 0 Å². The van der Waals surface area contributed by atoms with Gasteiger partial charge in [0.15, 0.2) is 0 Å². The molecule has 0 amide bonds. The van der Waals surface area contributed by atoms with Gasteiger partial charge in [-0.25, -0.2) is 0 Å². The molecule has 0 bridgehead atoms. The Bertz CT molecular complexity index is 15.5. The summed E-state index contributed by atoms with van der Waals surface area (Å²) in [6.07, 6.45) is 12.0. The van der Waals surface area contributed by atoms with Gasteiger partial charge in [-0.05, 0) is 32.1 Å². The van der Waals surface area contributed by atoms with Crippen LogP contribution in [0.3, 0.4) is 0 Å². The highest BCUT2D eigenvalue weighted by molar-refractivity contribution is 4.99. The molecule has 0 N–H and O–H groups in total. The highest BCUT2D eigenvalue weighted by Gasteiger charge is 1.98. The van der Waals surface area contributed by atoms with Crippen LogP contribution in [0, 0.1) is 19.3 Å². The predicted molar refractivity (Wildman–Crippen MR) is 23.6 cm³/mol. The summed E-state index contributed by atoms with van der Waals surface area (Å²) >= 11 is 0. The van der Waals surface area contributed by atoms with Crippen molar-refractivity contribution in [2.45, 2.75) is 19.3 Å². The van der Waals surface area contributed by atoms with Crippen LogP contribution >= 0.6 is 0 Å². The molecule has 6 heavy (non-hydrogen) atoms. The van der Waals surface area contributed by atoms with E-state index in [1.165, 1.54) is 6.42 Å². The molecule has 0 nitrogen and oxygen atoms in total. The molecule has 0 aromatic heterocycles. The molecule has 1 aliphatic rings. The first-order valence-electron chi connectivity index (χ1n) is 2.21. The van der Waals surface area contributed by atoms with Crippen molar-refractivity contribution in [1.82, 2.24) is 0 Å². The maximum atomic E-state index is 2.92. The van der Waals surface area contributed by atoms with E-state index in [9.17, 15) is 0 Å². The zero-order valence-corrected chi connectivity index (χ0v) is 3.62. The van der Waals surface area contributed by atoms with Crippen molar-refractivity contribution in [3.8, 4) is 0 Å². The van der Waals surface area contributed by atoms with Crippen molar-refractivity contribution < 1.29 is 0 Å². The molecule has 1 aliphatic carbocycles. The van der Waals surface area contributed by atoms with Gasteiger partial charge in [0.2, 0.25) is 0 Å². The van der Waals surface area contributed by atoms with Crippen LogP contribution < -0.4 is 0 Å². The maximum Gasteiger partial charge on any atom is -0.00138 e. The van der Waals surface area contributed by atoms with Gasteiger partial charge in [-0.3, -0.25) is 0 Å². The van der Waals surface area contributed by atoms with Gasteiger partial charge >= 0.3 is 0 Å². The highest BCUT2D eigenvalue weighted by atomic mass is 14.0. The SMILES string of the molecule is [C]1[C]CCC[C]1. The number of hydrogen-bond donors (Lipinski definition) is 0. The summed E-state index contributed by atoms with van der Waals surface area (Å²) in [6, 6.07) is 0. The van der Waals surface area contributed by atoms with Crippen LogP contribution in [0.2, 0.25) is 0 Å². The van der Waals surface area contributed by atoms with E-state index < -0.39 is 0 Å². The minimum Gasteiger partial charge on any atom is -0.0521 e. The summed E-state index contributed by atoms with van der Waals surface area (Å²) in [7, 11) is 0. The lowest BCUT2D eigenvalue weighted by Gasteiger charge is -2.03. The molecule has 1 rings (SSSR count). The van der Waals surface area contributed by atoms with E-state index in [1.54, 1.807) is 0 Å². The molecular weight excluding hydrogens is 72.1 g/mol. The van der Waals surface area contributed by atoms with Crippen LogP contribution in [0.4, 0.5) is 0 Å². The van der Waals surface area contributed by atoms with E-state index in [1.807, 2.05) is 0 Å². The molecule has 0 atom stereocenters. The summed E-state index contributed by atoms with van der Waals surface area (Å²) in [4.78, 5) is 0. The van der Waals surface area contributed by atoms with Crippen molar-refractivity contribution in [3.05, 3.63) is 19.3 Å². The molecule has 0 saturated heterocycles. The van der Waals surface area contributed by atoms with Crippen molar-refractivity contribution in [1.29, 1.82) is 0 Å². The zero-order chi connectivity index (χ0) is 4.24. The Morgan fingerprint density at radius 3 is 1.83 bits per heavy atom. The third-order valence-electron chi connectivity index (χ3n) is 0.780. The molecule has 0 aromatic rings. The minimum atomic E-state index is 1.08. The van der Waals surface area contributed by atoms with E-state index in [4.69, 9.17) is 0 Å². The van der Waals surface area contributed by atoms with Crippen LogP contribution in [0.15, 0.2) is 0 Å². The highest BCUT2D eigenvalue weighted by Crippen LogP contribution is 2.12. The lowest BCUT2D eigenvalue weighted by Crippen LogP contribution is -1.89. The van der Waals surface area contributed by atoms with Crippen LogP contribution in [0.25, 0.3) is 0 Å². The van der Waals surface area contributed by atoms with Crippen LogP contribution in [0.1, 0.15) is 19.3 Å². The molecule has 0 heteroatoms. The third-order valence-corrected chi connectivity index (χ3v) is 0.780. The molecule has 30 valence electrons. The third kappa shape index (κ3) is 1.00. The van der Waals surface area contributed by atoms with E-state index in [0.717, 1.165) is 12.8 Å². The average Bonchev–Trinajstić information content (AvgIpc) is 1.72. The van der Waals surface area contributed by atoms with Crippen molar-refractivity contribution >= 4 is 0 Å². The molecule has 0 aliphatic heterocycles. The topological polar surface area (TPSA) is 0 Å². The fourth-order valence-electron chi connectivity index (χ4n) is 0.453. The van der Waals surface area contributed by atoms with E-state index in [2.05, 4.69) is 19.3 Å². The van der Waals surface area contributed by atoms with Gasteiger partial charge in [-0.15, -0.1) is 0 Å². The first kappa shape index (κ1) is 4.17. The molecule has 1 fully saturated rings. The lowest BCUT2D eigenvalue weighted by molar-refractivity contribution is 0.761. The van der Waals surface area contributed by atoms with Crippen molar-refractivity contribution in [2.75, 3.05) is 0 Å². The number of rotatable bonds is 0.